The molecule has 0 saturated heterocycles. The Morgan fingerprint density at radius 3 is 2.50 bits per heavy atom. The second-order valence-electron chi connectivity index (χ2n) is 7.83. The number of benzene rings is 1. The Balaban J connectivity index is 1.68. The summed E-state index contributed by atoms with van der Waals surface area (Å²) in [5.41, 5.74) is -0.0812. The van der Waals surface area contributed by atoms with Crippen LogP contribution in [0.2, 0.25) is 0 Å². The van der Waals surface area contributed by atoms with Gasteiger partial charge in [0.05, 0.1) is 17.3 Å². The van der Waals surface area contributed by atoms with Crippen LogP contribution in [0.3, 0.4) is 0 Å². The van der Waals surface area contributed by atoms with Gasteiger partial charge in [0.15, 0.2) is 11.5 Å². The zero-order valence-electron chi connectivity index (χ0n) is 17.4. The predicted octanol–water partition coefficient (Wildman–Crippen LogP) is 3.04. The van der Waals surface area contributed by atoms with E-state index in [1.54, 1.807) is 13.2 Å². The topological polar surface area (TPSA) is 84.2 Å². The standard InChI is InChI=1S/C23H29IN2O4/c1-15-25-22(27)18(23(28)26-15)12-17-13-19(24)21(20(14-17)29-2)30-11-7-6-10-16-8-4-3-5-9-16/h12-14,16H,1,3-11H2,2H3,(H,25,27)(H,26,28). The molecule has 2 N–H and O–H groups in total. The summed E-state index contributed by atoms with van der Waals surface area (Å²) in [6.45, 7) is 4.19. The van der Waals surface area contributed by atoms with E-state index in [-0.39, 0.29) is 10.7 Å². The van der Waals surface area contributed by atoms with Gasteiger partial charge in [0.25, 0.3) is 11.1 Å². The van der Waals surface area contributed by atoms with E-state index in [0.29, 0.717) is 23.7 Å². The molecule has 1 aliphatic carbocycles. The summed E-state index contributed by atoms with van der Waals surface area (Å²) < 4.78 is 12.4. The van der Waals surface area contributed by atoms with E-state index in [1.165, 1.54) is 51.0 Å². The SMILES string of the molecule is C=c1[nH]c(=O)c(=Cc2cc(I)c(OCCCCC3CCCCC3)c(OC)c2)c(=O)[nH]1. The van der Waals surface area contributed by atoms with Gasteiger partial charge in [-0.1, -0.05) is 45.1 Å². The molecule has 162 valence electrons. The Morgan fingerprint density at radius 2 is 1.83 bits per heavy atom. The first-order chi connectivity index (χ1) is 14.5. The van der Waals surface area contributed by atoms with E-state index in [1.807, 2.05) is 6.07 Å². The Kier molecular flexibility index (Phi) is 8.18. The van der Waals surface area contributed by atoms with Gasteiger partial charge >= 0.3 is 0 Å². The number of nitrogens with one attached hydrogen (secondary N) is 2. The molecule has 0 amide bonds. The van der Waals surface area contributed by atoms with Gasteiger partial charge < -0.3 is 19.4 Å². The first-order valence-corrected chi connectivity index (χ1v) is 11.6. The fraction of sp³-hybridized carbons (Fsp3) is 0.478. The largest absolute Gasteiger partial charge is 0.493 e. The highest BCUT2D eigenvalue weighted by Gasteiger charge is 2.14. The van der Waals surface area contributed by atoms with Gasteiger partial charge in [-0.3, -0.25) is 9.59 Å². The summed E-state index contributed by atoms with van der Waals surface area (Å²) >= 11 is 2.19. The average Bonchev–Trinajstić information content (AvgIpc) is 2.72. The molecule has 0 spiro atoms. The molecule has 0 bridgehead atoms. The van der Waals surface area contributed by atoms with Crippen molar-refractivity contribution in [2.75, 3.05) is 13.7 Å². The highest BCUT2D eigenvalue weighted by molar-refractivity contribution is 14.1. The third kappa shape index (κ3) is 6.00. The third-order valence-electron chi connectivity index (χ3n) is 5.56. The lowest BCUT2D eigenvalue weighted by Crippen LogP contribution is -2.47. The summed E-state index contributed by atoms with van der Waals surface area (Å²) in [7, 11) is 1.59. The molecule has 0 aliphatic heterocycles. The molecule has 30 heavy (non-hydrogen) atoms. The number of halogens is 1. The Hall–Kier alpha value is -2.03. The quantitative estimate of drug-likeness (QED) is 0.411. The minimum atomic E-state index is -0.476. The number of aromatic amines is 2. The van der Waals surface area contributed by atoms with Crippen LogP contribution in [0.4, 0.5) is 0 Å². The van der Waals surface area contributed by atoms with E-state index in [9.17, 15) is 9.59 Å². The second-order valence-corrected chi connectivity index (χ2v) is 8.99. The molecule has 7 heteroatoms. The van der Waals surface area contributed by atoms with Crippen LogP contribution < -0.4 is 31.3 Å². The number of ether oxygens (including phenoxy) is 2. The third-order valence-corrected chi connectivity index (χ3v) is 6.36. The van der Waals surface area contributed by atoms with Crippen molar-refractivity contribution in [2.45, 2.75) is 51.4 Å². The number of rotatable bonds is 8. The van der Waals surface area contributed by atoms with Gasteiger partial charge in [-0.15, -0.1) is 0 Å². The van der Waals surface area contributed by atoms with Gasteiger partial charge in [-0.25, -0.2) is 0 Å². The van der Waals surface area contributed by atoms with Crippen LogP contribution in [-0.4, -0.2) is 23.7 Å². The van der Waals surface area contributed by atoms with Gasteiger partial charge in [0.1, 0.15) is 10.7 Å². The van der Waals surface area contributed by atoms with Crippen molar-refractivity contribution in [2.24, 2.45) is 5.92 Å². The van der Waals surface area contributed by atoms with Crippen LogP contribution in [0, 0.1) is 9.49 Å². The smallest absolute Gasteiger partial charge is 0.262 e. The molecule has 1 fully saturated rings. The first-order valence-electron chi connectivity index (χ1n) is 10.5. The molecule has 1 heterocycles. The Bertz CT molecular complexity index is 1050. The van der Waals surface area contributed by atoms with E-state index in [0.717, 1.165) is 15.9 Å². The number of unbranched alkanes of at least 4 members (excludes halogenated alkanes) is 1. The highest BCUT2D eigenvalue weighted by atomic mass is 127. The summed E-state index contributed by atoms with van der Waals surface area (Å²) in [6.07, 6.45) is 12.0. The van der Waals surface area contributed by atoms with Crippen molar-refractivity contribution < 1.29 is 9.47 Å². The van der Waals surface area contributed by atoms with Crippen LogP contribution in [0.5, 0.6) is 11.5 Å². The lowest BCUT2D eigenvalue weighted by atomic mass is 9.86. The number of hydrogen-bond acceptors (Lipinski definition) is 4. The van der Waals surface area contributed by atoms with Gasteiger partial charge in [-0.05, 0) is 65.1 Å². The number of hydrogen-bond donors (Lipinski definition) is 2. The van der Waals surface area contributed by atoms with Crippen LogP contribution in [0.15, 0.2) is 21.7 Å². The molecule has 0 atom stereocenters. The van der Waals surface area contributed by atoms with E-state index in [2.05, 4.69) is 39.1 Å². The predicted molar refractivity (Wildman–Crippen MR) is 128 cm³/mol. The van der Waals surface area contributed by atoms with Crippen LogP contribution in [-0.2, 0) is 0 Å². The lowest BCUT2D eigenvalue weighted by Gasteiger charge is -2.21. The van der Waals surface area contributed by atoms with Crippen molar-refractivity contribution in [1.82, 2.24) is 9.97 Å². The van der Waals surface area contributed by atoms with E-state index < -0.39 is 11.1 Å². The van der Waals surface area contributed by atoms with E-state index >= 15 is 0 Å². The fourth-order valence-corrected chi connectivity index (χ4v) is 4.77. The molecular weight excluding hydrogens is 495 g/mol. The van der Waals surface area contributed by atoms with Crippen LogP contribution in [0.1, 0.15) is 56.9 Å². The van der Waals surface area contributed by atoms with Crippen molar-refractivity contribution in [1.29, 1.82) is 0 Å². The van der Waals surface area contributed by atoms with Gasteiger partial charge in [0, 0.05) is 0 Å². The summed E-state index contributed by atoms with van der Waals surface area (Å²) in [6, 6.07) is 3.65. The zero-order chi connectivity index (χ0) is 21.5. The molecule has 2 aromatic rings. The van der Waals surface area contributed by atoms with Crippen molar-refractivity contribution >= 4 is 35.2 Å². The zero-order valence-corrected chi connectivity index (χ0v) is 19.5. The minimum Gasteiger partial charge on any atom is -0.493 e. The van der Waals surface area contributed by atoms with E-state index in [4.69, 9.17) is 9.47 Å². The molecule has 3 rings (SSSR count). The summed E-state index contributed by atoms with van der Waals surface area (Å²) in [5, 5.41) is 0.0247. The molecular formula is C23H29IN2O4. The maximum atomic E-state index is 12.1. The van der Waals surface area contributed by atoms with Crippen molar-refractivity contribution in [3.63, 3.8) is 0 Å². The molecule has 6 nitrogen and oxygen atoms in total. The average molecular weight is 524 g/mol. The number of aromatic nitrogens is 2. The van der Waals surface area contributed by atoms with Crippen molar-refractivity contribution in [3.05, 3.63) is 52.7 Å². The maximum Gasteiger partial charge on any atom is 0.262 e. The lowest BCUT2D eigenvalue weighted by molar-refractivity contribution is 0.270. The molecule has 1 aromatic heterocycles. The molecule has 1 aliphatic rings. The van der Waals surface area contributed by atoms with Crippen LogP contribution >= 0.6 is 22.6 Å². The molecule has 1 aromatic carbocycles. The number of H-pyrrole nitrogens is 2. The molecule has 1 saturated carbocycles. The minimum absolute atomic E-state index is 0.0247. The highest BCUT2D eigenvalue weighted by Crippen LogP contribution is 2.34. The monoisotopic (exact) mass is 524 g/mol. The second kappa shape index (κ2) is 10.8. The maximum absolute atomic E-state index is 12.1. The Labute approximate surface area is 189 Å². The Morgan fingerprint density at radius 1 is 1.13 bits per heavy atom. The molecule has 0 radical (unpaired) electrons. The first kappa shape index (κ1) is 22.7. The summed E-state index contributed by atoms with van der Waals surface area (Å²) in [4.78, 5) is 29.2. The van der Waals surface area contributed by atoms with Gasteiger partial charge in [0.2, 0.25) is 0 Å². The molecule has 0 unspecified atom stereocenters. The van der Waals surface area contributed by atoms with Crippen LogP contribution in [0.25, 0.3) is 12.7 Å². The van der Waals surface area contributed by atoms with Gasteiger partial charge in [-0.2, -0.15) is 0 Å². The summed E-state index contributed by atoms with van der Waals surface area (Å²) in [5.74, 6) is 2.18. The number of methoxy groups -OCH3 is 1. The fourth-order valence-electron chi connectivity index (χ4n) is 3.99. The van der Waals surface area contributed by atoms with Crippen molar-refractivity contribution in [3.8, 4) is 11.5 Å². The normalized spacial score (nSPS) is 14.5.